The summed E-state index contributed by atoms with van der Waals surface area (Å²) in [5.74, 6) is -1.18. The monoisotopic (exact) mass is 238 g/mol. The third kappa shape index (κ3) is 4.30. The lowest BCUT2D eigenvalue weighted by molar-refractivity contribution is -0.138. The predicted octanol–water partition coefficient (Wildman–Crippen LogP) is 1.27. The summed E-state index contributed by atoms with van der Waals surface area (Å²) in [5, 5.41) is 11.2. The molecule has 5 nitrogen and oxygen atoms in total. The molecule has 0 atom stereocenters. The molecule has 1 aromatic rings. The second-order valence-electron chi connectivity index (χ2n) is 4.64. The molecule has 0 radical (unpaired) electrons. The van der Waals surface area contributed by atoms with Crippen LogP contribution in [0.25, 0.3) is 0 Å². The SMILES string of the molecule is CC(C)(CNC(=O)CCC(=O)O)c1ccc[nH]1. The average Bonchev–Trinajstić information content (AvgIpc) is 2.77. The predicted molar refractivity (Wildman–Crippen MR) is 63.7 cm³/mol. The number of nitrogens with one attached hydrogen (secondary N) is 2. The molecule has 0 aromatic carbocycles. The minimum absolute atomic E-state index is 0.0239. The van der Waals surface area contributed by atoms with Gasteiger partial charge in [0.15, 0.2) is 0 Å². The van der Waals surface area contributed by atoms with Crippen LogP contribution < -0.4 is 5.32 Å². The number of hydrogen-bond donors (Lipinski definition) is 3. The zero-order valence-electron chi connectivity index (χ0n) is 10.1. The van der Waals surface area contributed by atoms with Gasteiger partial charge < -0.3 is 15.4 Å². The molecule has 0 unspecified atom stereocenters. The largest absolute Gasteiger partial charge is 0.481 e. The molecular formula is C12H18N2O3. The van der Waals surface area contributed by atoms with Crippen molar-refractivity contribution < 1.29 is 14.7 Å². The summed E-state index contributed by atoms with van der Waals surface area (Å²) in [7, 11) is 0. The minimum atomic E-state index is -0.955. The Kier molecular flexibility index (Phi) is 4.31. The highest BCUT2D eigenvalue weighted by Crippen LogP contribution is 2.19. The van der Waals surface area contributed by atoms with Crippen LogP contribution in [0.2, 0.25) is 0 Å². The molecule has 5 heteroatoms. The lowest BCUT2D eigenvalue weighted by Crippen LogP contribution is -2.37. The van der Waals surface area contributed by atoms with Gasteiger partial charge in [-0.2, -0.15) is 0 Å². The Morgan fingerprint density at radius 3 is 2.65 bits per heavy atom. The van der Waals surface area contributed by atoms with Crippen LogP contribution in [0, 0.1) is 0 Å². The molecule has 0 saturated heterocycles. The number of amides is 1. The molecule has 0 bridgehead atoms. The first kappa shape index (κ1) is 13.3. The highest BCUT2D eigenvalue weighted by atomic mass is 16.4. The smallest absolute Gasteiger partial charge is 0.303 e. The molecule has 0 saturated carbocycles. The van der Waals surface area contributed by atoms with E-state index in [1.165, 1.54) is 0 Å². The number of carbonyl (C=O) groups is 2. The third-order valence-corrected chi connectivity index (χ3v) is 2.62. The van der Waals surface area contributed by atoms with Gasteiger partial charge in [0, 0.05) is 30.3 Å². The van der Waals surface area contributed by atoms with E-state index in [9.17, 15) is 9.59 Å². The van der Waals surface area contributed by atoms with Gasteiger partial charge in [0.1, 0.15) is 0 Å². The zero-order valence-corrected chi connectivity index (χ0v) is 10.1. The van der Waals surface area contributed by atoms with Crippen molar-refractivity contribution in [3.63, 3.8) is 0 Å². The Morgan fingerprint density at radius 1 is 1.41 bits per heavy atom. The number of rotatable bonds is 6. The first-order valence-electron chi connectivity index (χ1n) is 5.54. The van der Waals surface area contributed by atoms with Gasteiger partial charge in [-0.05, 0) is 12.1 Å². The van der Waals surface area contributed by atoms with E-state index in [1.807, 2.05) is 32.2 Å². The molecule has 1 heterocycles. The van der Waals surface area contributed by atoms with Crippen LogP contribution in [-0.2, 0) is 15.0 Å². The van der Waals surface area contributed by atoms with E-state index in [-0.39, 0.29) is 24.2 Å². The normalized spacial score (nSPS) is 11.2. The minimum Gasteiger partial charge on any atom is -0.481 e. The van der Waals surface area contributed by atoms with E-state index in [2.05, 4.69) is 10.3 Å². The maximum atomic E-state index is 11.4. The highest BCUT2D eigenvalue weighted by molar-refractivity contribution is 5.80. The molecule has 1 amide bonds. The standard InChI is InChI=1S/C12H18N2O3/c1-12(2,9-4-3-7-13-9)8-14-10(15)5-6-11(16)17/h3-4,7,13H,5-6,8H2,1-2H3,(H,14,15)(H,16,17). The van der Waals surface area contributed by atoms with Crippen LogP contribution >= 0.6 is 0 Å². The van der Waals surface area contributed by atoms with Crippen molar-refractivity contribution in [1.82, 2.24) is 10.3 Å². The van der Waals surface area contributed by atoms with E-state index in [4.69, 9.17) is 5.11 Å². The molecular weight excluding hydrogens is 220 g/mol. The van der Waals surface area contributed by atoms with Crippen molar-refractivity contribution in [2.45, 2.75) is 32.1 Å². The van der Waals surface area contributed by atoms with Gasteiger partial charge in [-0.3, -0.25) is 9.59 Å². The molecule has 1 aromatic heterocycles. The first-order valence-corrected chi connectivity index (χ1v) is 5.54. The lowest BCUT2D eigenvalue weighted by Gasteiger charge is -2.23. The molecule has 0 aliphatic carbocycles. The maximum Gasteiger partial charge on any atom is 0.303 e. The topological polar surface area (TPSA) is 82.2 Å². The number of aromatic amines is 1. The number of hydrogen-bond acceptors (Lipinski definition) is 2. The van der Waals surface area contributed by atoms with Crippen molar-refractivity contribution in [2.75, 3.05) is 6.54 Å². The van der Waals surface area contributed by atoms with Crippen molar-refractivity contribution >= 4 is 11.9 Å². The Labute approximate surface area is 100 Å². The molecule has 0 aliphatic rings. The Bertz CT molecular complexity index is 382. The van der Waals surface area contributed by atoms with E-state index in [1.54, 1.807) is 0 Å². The number of H-pyrrole nitrogens is 1. The fourth-order valence-electron chi connectivity index (χ4n) is 1.47. The second-order valence-corrected chi connectivity index (χ2v) is 4.64. The molecule has 0 spiro atoms. The van der Waals surface area contributed by atoms with Gasteiger partial charge >= 0.3 is 5.97 Å². The van der Waals surface area contributed by atoms with Crippen molar-refractivity contribution in [3.8, 4) is 0 Å². The van der Waals surface area contributed by atoms with Crippen LogP contribution in [-0.4, -0.2) is 28.5 Å². The summed E-state index contributed by atoms with van der Waals surface area (Å²) < 4.78 is 0. The van der Waals surface area contributed by atoms with Crippen LogP contribution in [0.4, 0.5) is 0 Å². The highest BCUT2D eigenvalue weighted by Gasteiger charge is 2.22. The molecule has 1 rings (SSSR count). The Balaban J connectivity index is 2.40. The summed E-state index contributed by atoms with van der Waals surface area (Å²) >= 11 is 0. The summed E-state index contributed by atoms with van der Waals surface area (Å²) in [6.45, 7) is 4.50. The van der Waals surface area contributed by atoms with Gasteiger partial charge in [0.25, 0.3) is 0 Å². The van der Waals surface area contributed by atoms with Gasteiger partial charge in [-0.1, -0.05) is 13.8 Å². The summed E-state index contributed by atoms with van der Waals surface area (Å²) in [6.07, 6.45) is 1.73. The molecule has 0 aliphatic heterocycles. The zero-order chi connectivity index (χ0) is 12.9. The number of aliphatic carboxylic acids is 1. The van der Waals surface area contributed by atoms with Crippen LogP contribution in [0.1, 0.15) is 32.4 Å². The number of aromatic nitrogens is 1. The number of carboxylic acids is 1. The third-order valence-electron chi connectivity index (χ3n) is 2.62. The quantitative estimate of drug-likeness (QED) is 0.698. The fourth-order valence-corrected chi connectivity index (χ4v) is 1.47. The Morgan fingerprint density at radius 2 is 2.12 bits per heavy atom. The van der Waals surface area contributed by atoms with Gasteiger partial charge in [-0.15, -0.1) is 0 Å². The fraction of sp³-hybridized carbons (Fsp3) is 0.500. The molecule has 3 N–H and O–H groups in total. The summed E-state index contributed by atoms with van der Waals surface area (Å²) in [4.78, 5) is 24.8. The average molecular weight is 238 g/mol. The van der Waals surface area contributed by atoms with Gasteiger partial charge in [0.05, 0.1) is 6.42 Å². The van der Waals surface area contributed by atoms with E-state index < -0.39 is 5.97 Å². The maximum absolute atomic E-state index is 11.4. The number of carbonyl (C=O) groups excluding carboxylic acids is 1. The first-order chi connectivity index (χ1) is 7.92. The van der Waals surface area contributed by atoms with E-state index in [0.29, 0.717) is 6.54 Å². The van der Waals surface area contributed by atoms with Crippen molar-refractivity contribution in [2.24, 2.45) is 0 Å². The van der Waals surface area contributed by atoms with Crippen LogP contribution in [0.5, 0.6) is 0 Å². The second kappa shape index (κ2) is 5.52. The van der Waals surface area contributed by atoms with Crippen LogP contribution in [0.3, 0.4) is 0 Å². The van der Waals surface area contributed by atoms with Crippen LogP contribution in [0.15, 0.2) is 18.3 Å². The van der Waals surface area contributed by atoms with Gasteiger partial charge in [0.2, 0.25) is 5.91 Å². The van der Waals surface area contributed by atoms with E-state index >= 15 is 0 Å². The summed E-state index contributed by atoms with van der Waals surface area (Å²) in [5.41, 5.74) is 0.846. The molecule has 17 heavy (non-hydrogen) atoms. The van der Waals surface area contributed by atoms with Crippen molar-refractivity contribution in [3.05, 3.63) is 24.0 Å². The number of carboxylic acid groups (broad SMARTS) is 1. The molecule has 94 valence electrons. The van der Waals surface area contributed by atoms with Crippen molar-refractivity contribution in [1.29, 1.82) is 0 Å². The Hall–Kier alpha value is -1.78. The van der Waals surface area contributed by atoms with E-state index in [0.717, 1.165) is 5.69 Å². The lowest BCUT2D eigenvalue weighted by atomic mass is 9.89. The summed E-state index contributed by atoms with van der Waals surface area (Å²) in [6, 6.07) is 3.87. The van der Waals surface area contributed by atoms with Gasteiger partial charge in [-0.25, -0.2) is 0 Å². The molecule has 0 fully saturated rings.